The third-order valence-electron chi connectivity index (χ3n) is 5.57. The summed E-state index contributed by atoms with van der Waals surface area (Å²) in [4.78, 5) is 11.7. The summed E-state index contributed by atoms with van der Waals surface area (Å²) in [5, 5.41) is 20.2. The maximum atomic E-state index is 11.7. The van der Waals surface area contributed by atoms with Gasteiger partial charge in [-0.15, -0.1) is 0 Å². The normalized spacial score (nSPS) is 11.3. The molecule has 0 heterocycles. The third kappa shape index (κ3) is 5.10. The topological polar surface area (TPSA) is 57.5 Å². The fourth-order valence-electron chi connectivity index (χ4n) is 3.66. The average Bonchev–Trinajstić information content (AvgIpc) is 2.71. The van der Waals surface area contributed by atoms with Gasteiger partial charge in [-0.25, -0.2) is 4.79 Å². The van der Waals surface area contributed by atoms with Gasteiger partial charge in [0.1, 0.15) is 11.3 Å². The first kappa shape index (κ1) is 21.6. The summed E-state index contributed by atoms with van der Waals surface area (Å²) in [5.41, 5.74) is 6.18. The summed E-state index contributed by atoms with van der Waals surface area (Å²) in [7, 11) is 0. The van der Waals surface area contributed by atoms with Gasteiger partial charge in [-0.05, 0) is 57.7 Å². The van der Waals surface area contributed by atoms with Crippen molar-refractivity contribution in [2.45, 2.75) is 52.4 Å². The first-order chi connectivity index (χ1) is 14.2. The van der Waals surface area contributed by atoms with Crippen molar-refractivity contribution in [2.24, 2.45) is 0 Å². The van der Waals surface area contributed by atoms with Gasteiger partial charge in [0.2, 0.25) is 0 Å². The molecule has 0 amide bonds. The molecule has 0 aromatic heterocycles. The Morgan fingerprint density at radius 3 is 1.63 bits per heavy atom. The van der Waals surface area contributed by atoms with Crippen LogP contribution in [0.1, 0.15) is 83.3 Å². The molecule has 3 heteroatoms. The Balaban J connectivity index is 1.91. The third-order valence-corrected chi connectivity index (χ3v) is 5.57. The summed E-state index contributed by atoms with van der Waals surface area (Å²) in [5.74, 6) is -0.327. The number of carboxylic acid groups (broad SMARTS) is 1. The summed E-state index contributed by atoms with van der Waals surface area (Å²) in [6.07, 6.45) is 1.11. The van der Waals surface area contributed by atoms with Gasteiger partial charge >= 0.3 is 5.97 Å². The van der Waals surface area contributed by atoms with Gasteiger partial charge < -0.3 is 10.2 Å². The predicted octanol–water partition coefficient (Wildman–Crippen LogP) is 6.52. The van der Waals surface area contributed by atoms with Crippen molar-refractivity contribution in [1.29, 1.82) is 0 Å². The van der Waals surface area contributed by atoms with Crippen molar-refractivity contribution in [2.75, 3.05) is 0 Å². The van der Waals surface area contributed by atoms with E-state index in [9.17, 15) is 15.0 Å². The number of aromatic hydroxyl groups is 1. The highest BCUT2D eigenvalue weighted by Crippen LogP contribution is 2.29. The minimum Gasteiger partial charge on any atom is -0.507 e. The van der Waals surface area contributed by atoms with Crippen LogP contribution in [-0.4, -0.2) is 16.2 Å². The predicted molar refractivity (Wildman–Crippen MR) is 122 cm³/mol. The zero-order chi connectivity index (χ0) is 21.8. The summed E-state index contributed by atoms with van der Waals surface area (Å²) in [6, 6.07) is 20.2. The van der Waals surface area contributed by atoms with E-state index in [1.54, 1.807) is 6.07 Å². The second-order valence-electron chi connectivity index (χ2n) is 8.60. The van der Waals surface area contributed by atoms with Crippen LogP contribution in [0.2, 0.25) is 0 Å². The van der Waals surface area contributed by atoms with E-state index in [1.165, 1.54) is 11.1 Å². The van der Waals surface area contributed by atoms with Gasteiger partial charge in [-0.1, -0.05) is 82.3 Å². The van der Waals surface area contributed by atoms with E-state index in [0.29, 0.717) is 30.2 Å². The lowest BCUT2D eigenvalue weighted by Gasteiger charge is -2.13. The quantitative estimate of drug-likeness (QED) is 0.473. The van der Waals surface area contributed by atoms with Gasteiger partial charge in [0, 0.05) is 6.42 Å². The average molecular weight is 403 g/mol. The van der Waals surface area contributed by atoms with Crippen LogP contribution in [0, 0.1) is 0 Å². The van der Waals surface area contributed by atoms with Crippen molar-refractivity contribution < 1.29 is 15.0 Å². The lowest BCUT2D eigenvalue weighted by Crippen LogP contribution is -2.03. The molecule has 0 fully saturated rings. The molecule has 0 spiro atoms. The van der Waals surface area contributed by atoms with E-state index < -0.39 is 5.97 Å². The highest BCUT2D eigenvalue weighted by molar-refractivity contribution is 5.91. The van der Waals surface area contributed by atoms with Crippen molar-refractivity contribution in [3.05, 3.63) is 99.6 Å². The first-order valence-electron chi connectivity index (χ1n) is 10.5. The van der Waals surface area contributed by atoms with Crippen molar-refractivity contribution in [1.82, 2.24) is 0 Å². The molecule has 0 saturated heterocycles. The molecule has 0 aliphatic rings. The van der Waals surface area contributed by atoms with Crippen molar-refractivity contribution >= 4 is 5.97 Å². The summed E-state index contributed by atoms with van der Waals surface area (Å²) >= 11 is 0. The Kier molecular flexibility index (Phi) is 6.61. The standard InChI is InChI=1S/C27H30O3/c1-17(2)22-9-5-19(6-10-22)13-21-15-24(26(28)25(16-21)27(29)30)14-20-7-11-23(12-8-20)18(3)4/h5-12,15-18,28H,13-14H2,1-4H3,(H,29,30). The Labute approximate surface area is 179 Å². The Morgan fingerprint density at radius 2 is 1.20 bits per heavy atom. The minimum atomic E-state index is -1.11. The number of hydrogen-bond donors (Lipinski definition) is 2. The lowest BCUT2D eigenvalue weighted by molar-refractivity contribution is 0.0693. The van der Waals surface area contributed by atoms with Crippen molar-refractivity contribution in [3.63, 3.8) is 0 Å². The van der Waals surface area contributed by atoms with Gasteiger partial charge in [0.15, 0.2) is 0 Å². The van der Waals surface area contributed by atoms with Crippen LogP contribution in [0.5, 0.6) is 5.75 Å². The van der Waals surface area contributed by atoms with E-state index in [0.717, 1.165) is 16.7 Å². The second kappa shape index (κ2) is 9.17. The number of hydrogen-bond acceptors (Lipinski definition) is 2. The van der Waals surface area contributed by atoms with Crippen LogP contribution < -0.4 is 0 Å². The smallest absolute Gasteiger partial charge is 0.339 e. The molecule has 2 N–H and O–H groups in total. The minimum absolute atomic E-state index is 0.0416. The maximum Gasteiger partial charge on any atom is 0.339 e. The maximum absolute atomic E-state index is 11.7. The number of carbonyl (C=O) groups is 1. The van der Waals surface area contributed by atoms with Gasteiger partial charge in [-0.2, -0.15) is 0 Å². The number of carboxylic acids is 1. The van der Waals surface area contributed by atoms with Crippen molar-refractivity contribution in [3.8, 4) is 5.75 Å². The molecular formula is C27H30O3. The zero-order valence-corrected chi connectivity index (χ0v) is 18.1. The monoisotopic (exact) mass is 402 g/mol. The molecule has 0 atom stereocenters. The fraction of sp³-hybridized carbons (Fsp3) is 0.296. The van der Waals surface area contributed by atoms with E-state index >= 15 is 0 Å². The molecule has 3 nitrogen and oxygen atoms in total. The molecule has 3 aromatic rings. The van der Waals surface area contributed by atoms with E-state index in [4.69, 9.17) is 0 Å². The van der Waals surface area contributed by atoms with E-state index in [2.05, 4.69) is 64.1 Å². The molecule has 0 aliphatic heterocycles. The molecule has 0 aliphatic carbocycles. The van der Waals surface area contributed by atoms with Crippen LogP contribution in [-0.2, 0) is 12.8 Å². The molecule has 0 bridgehead atoms. The Bertz CT molecular complexity index is 1010. The van der Waals surface area contributed by atoms with Gasteiger partial charge in [0.05, 0.1) is 0 Å². The van der Waals surface area contributed by atoms with Crippen LogP contribution in [0.25, 0.3) is 0 Å². The number of aromatic carboxylic acids is 1. The molecule has 0 radical (unpaired) electrons. The van der Waals surface area contributed by atoms with E-state index in [1.807, 2.05) is 18.2 Å². The number of phenols is 1. The van der Waals surface area contributed by atoms with E-state index in [-0.39, 0.29) is 11.3 Å². The van der Waals surface area contributed by atoms with Crippen LogP contribution in [0.3, 0.4) is 0 Å². The molecule has 0 unspecified atom stereocenters. The molecule has 3 aromatic carbocycles. The highest BCUT2D eigenvalue weighted by Gasteiger charge is 2.16. The molecule has 0 saturated carbocycles. The summed E-state index contributed by atoms with van der Waals surface area (Å²) < 4.78 is 0. The van der Waals surface area contributed by atoms with Crippen LogP contribution in [0.4, 0.5) is 0 Å². The first-order valence-corrected chi connectivity index (χ1v) is 10.5. The van der Waals surface area contributed by atoms with Crippen LogP contribution >= 0.6 is 0 Å². The SMILES string of the molecule is CC(C)c1ccc(Cc2cc(Cc3ccc(C(C)C)cc3)c(O)c(C(=O)O)c2)cc1. The fourth-order valence-corrected chi connectivity index (χ4v) is 3.66. The molecule has 30 heavy (non-hydrogen) atoms. The number of rotatable bonds is 7. The second-order valence-corrected chi connectivity index (χ2v) is 8.60. The Morgan fingerprint density at radius 1 is 0.733 bits per heavy atom. The molecular weight excluding hydrogens is 372 g/mol. The zero-order valence-electron chi connectivity index (χ0n) is 18.1. The number of benzene rings is 3. The molecule has 156 valence electrons. The highest BCUT2D eigenvalue weighted by atomic mass is 16.4. The van der Waals surface area contributed by atoms with Crippen LogP contribution in [0.15, 0.2) is 60.7 Å². The summed E-state index contributed by atoms with van der Waals surface area (Å²) in [6.45, 7) is 8.62. The van der Waals surface area contributed by atoms with Gasteiger partial charge in [-0.3, -0.25) is 0 Å². The largest absolute Gasteiger partial charge is 0.507 e. The Hall–Kier alpha value is -3.07. The van der Waals surface area contributed by atoms with Gasteiger partial charge in [0.25, 0.3) is 0 Å². The lowest BCUT2D eigenvalue weighted by atomic mass is 9.93. The molecule has 3 rings (SSSR count).